The smallest absolute Gasteiger partial charge is 0.119 e. The lowest BCUT2D eigenvalue weighted by Gasteiger charge is -2.21. The van der Waals surface area contributed by atoms with Crippen LogP contribution in [0.25, 0.3) is 0 Å². The summed E-state index contributed by atoms with van der Waals surface area (Å²) in [5, 5.41) is 12.3. The molecule has 1 atom stereocenters. The normalized spacial score (nSPS) is 16.6. The lowest BCUT2D eigenvalue weighted by Crippen LogP contribution is -2.28. The third kappa shape index (κ3) is 4.66. The molecule has 0 amide bonds. The van der Waals surface area contributed by atoms with Crippen molar-refractivity contribution in [1.29, 1.82) is 0 Å². The Morgan fingerprint density at radius 2 is 2.05 bits per heavy atom. The molecule has 0 aliphatic heterocycles. The summed E-state index contributed by atoms with van der Waals surface area (Å²) in [5.74, 6) is 0.811. The largest absolute Gasteiger partial charge is 0.491 e. The van der Waals surface area contributed by atoms with Crippen molar-refractivity contribution in [2.45, 2.75) is 45.2 Å². The molecule has 2 N–H and O–H groups in total. The van der Waals surface area contributed by atoms with Crippen molar-refractivity contribution < 1.29 is 9.84 Å². The number of aliphatic hydroxyl groups is 1. The fourth-order valence-electron chi connectivity index (χ4n) is 2.53. The number of hydrogen-bond donors (Lipinski definition) is 2. The Hall–Kier alpha value is -1.32. The van der Waals surface area contributed by atoms with Gasteiger partial charge < -0.3 is 15.2 Å². The van der Waals surface area contributed by atoms with Crippen LogP contribution in [0.5, 0.6) is 5.75 Å². The Kier molecular flexibility index (Phi) is 6.09. The van der Waals surface area contributed by atoms with Gasteiger partial charge in [0.25, 0.3) is 0 Å². The average Bonchev–Trinajstić information content (AvgIpc) is 2.52. The van der Waals surface area contributed by atoms with Crippen LogP contribution in [0.4, 0.5) is 0 Å². The highest BCUT2D eigenvalue weighted by Crippen LogP contribution is 2.20. The van der Waals surface area contributed by atoms with Gasteiger partial charge >= 0.3 is 0 Å². The molecule has 1 aliphatic rings. The number of rotatable bonds is 7. The first-order chi connectivity index (χ1) is 9.79. The van der Waals surface area contributed by atoms with Crippen LogP contribution in [0.1, 0.15) is 38.2 Å². The van der Waals surface area contributed by atoms with Crippen molar-refractivity contribution in [1.82, 2.24) is 5.32 Å². The van der Waals surface area contributed by atoms with Crippen LogP contribution in [0, 0.1) is 0 Å². The Labute approximate surface area is 121 Å². The molecule has 0 radical (unpaired) electrons. The topological polar surface area (TPSA) is 41.5 Å². The monoisotopic (exact) mass is 275 g/mol. The van der Waals surface area contributed by atoms with Crippen molar-refractivity contribution in [3.63, 3.8) is 0 Å². The molecule has 2 rings (SSSR count). The molecular weight excluding hydrogens is 250 g/mol. The lowest BCUT2D eigenvalue weighted by molar-refractivity contribution is 0.201. The molecule has 1 aromatic carbocycles. The first-order valence-electron chi connectivity index (χ1n) is 7.54. The summed E-state index contributed by atoms with van der Waals surface area (Å²) in [5.41, 5.74) is 2.81. The molecule has 0 aromatic heterocycles. The third-order valence-electron chi connectivity index (χ3n) is 3.78. The van der Waals surface area contributed by atoms with Crippen LogP contribution in [0.2, 0.25) is 0 Å². The van der Waals surface area contributed by atoms with Gasteiger partial charge in [0.15, 0.2) is 0 Å². The highest BCUT2D eigenvalue weighted by Gasteiger charge is 2.10. The molecule has 0 saturated carbocycles. The summed E-state index contributed by atoms with van der Waals surface area (Å²) in [6.45, 7) is 3.52. The van der Waals surface area contributed by atoms with E-state index in [1.54, 1.807) is 5.57 Å². The predicted octanol–water partition coefficient (Wildman–Crippen LogP) is 3.04. The van der Waals surface area contributed by atoms with E-state index in [0.717, 1.165) is 12.3 Å². The van der Waals surface area contributed by atoms with E-state index in [4.69, 9.17) is 9.84 Å². The van der Waals surface area contributed by atoms with Crippen molar-refractivity contribution in [2.75, 3.05) is 13.2 Å². The summed E-state index contributed by atoms with van der Waals surface area (Å²) in [6.07, 6.45) is 7.54. The predicted molar refractivity (Wildman–Crippen MR) is 81.9 cm³/mol. The van der Waals surface area contributed by atoms with Gasteiger partial charge in [0.1, 0.15) is 12.4 Å². The molecule has 3 heteroatoms. The first-order valence-corrected chi connectivity index (χ1v) is 7.54. The summed E-state index contributed by atoms with van der Waals surface area (Å²) in [7, 11) is 0. The highest BCUT2D eigenvalue weighted by atomic mass is 16.5. The van der Waals surface area contributed by atoms with Gasteiger partial charge in [0.05, 0.1) is 6.61 Å². The van der Waals surface area contributed by atoms with Gasteiger partial charge in [-0.15, -0.1) is 0 Å². The van der Waals surface area contributed by atoms with E-state index in [2.05, 4.69) is 30.4 Å². The maximum absolute atomic E-state index is 8.71. The fourth-order valence-corrected chi connectivity index (χ4v) is 2.53. The zero-order chi connectivity index (χ0) is 14.2. The van der Waals surface area contributed by atoms with Gasteiger partial charge in [0, 0.05) is 12.6 Å². The van der Waals surface area contributed by atoms with Crippen LogP contribution >= 0.6 is 0 Å². The SMILES string of the molecule is CC(NCc1ccc(OCCO)cc1)C1=CCCCC1. The van der Waals surface area contributed by atoms with Gasteiger partial charge in [-0.3, -0.25) is 0 Å². The summed E-state index contributed by atoms with van der Waals surface area (Å²) in [6, 6.07) is 8.51. The van der Waals surface area contributed by atoms with Crippen LogP contribution in [0.3, 0.4) is 0 Å². The molecule has 0 bridgehead atoms. The van der Waals surface area contributed by atoms with E-state index in [1.165, 1.54) is 31.2 Å². The zero-order valence-corrected chi connectivity index (χ0v) is 12.3. The van der Waals surface area contributed by atoms with Gasteiger partial charge in [0.2, 0.25) is 0 Å². The lowest BCUT2D eigenvalue weighted by atomic mass is 9.94. The third-order valence-corrected chi connectivity index (χ3v) is 3.78. The Balaban J connectivity index is 1.79. The molecule has 0 spiro atoms. The van der Waals surface area contributed by atoms with Gasteiger partial charge in [-0.05, 0) is 50.3 Å². The molecule has 0 saturated heterocycles. The number of benzene rings is 1. The first kappa shape index (κ1) is 15.1. The van der Waals surface area contributed by atoms with E-state index in [1.807, 2.05) is 12.1 Å². The highest BCUT2D eigenvalue weighted by molar-refractivity contribution is 5.27. The quantitative estimate of drug-likeness (QED) is 0.752. The number of allylic oxidation sites excluding steroid dienone is 1. The van der Waals surface area contributed by atoms with Crippen molar-refractivity contribution in [3.05, 3.63) is 41.5 Å². The van der Waals surface area contributed by atoms with Crippen LogP contribution < -0.4 is 10.1 Å². The van der Waals surface area contributed by atoms with Crippen LogP contribution in [0.15, 0.2) is 35.9 Å². The minimum absolute atomic E-state index is 0.0515. The maximum Gasteiger partial charge on any atom is 0.119 e. The maximum atomic E-state index is 8.71. The van der Waals surface area contributed by atoms with E-state index in [0.29, 0.717) is 12.6 Å². The number of aliphatic hydroxyl groups excluding tert-OH is 1. The van der Waals surface area contributed by atoms with E-state index >= 15 is 0 Å². The Bertz CT molecular complexity index is 425. The molecule has 110 valence electrons. The second-order valence-corrected chi connectivity index (χ2v) is 5.34. The molecule has 0 heterocycles. The second kappa shape index (κ2) is 8.08. The van der Waals surface area contributed by atoms with Crippen molar-refractivity contribution in [3.8, 4) is 5.75 Å². The van der Waals surface area contributed by atoms with Gasteiger partial charge in [-0.2, -0.15) is 0 Å². The molecule has 20 heavy (non-hydrogen) atoms. The summed E-state index contributed by atoms with van der Waals surface area (Å²) < 4.78 is 5.35. The van der Waals surface area contributed by atoms with Gasteiger partial charge in [-0.1, -0.05) is 23.8 Å². The molecular formula is C17H25NO2. The van der Waals surface area contributed by atoms with Crippen molar-refractivity contribution >= 4 is 0 Å². The van der Waals surface area contributed by atoms with Crippen molar-refractivity contribution in [2.24, 2.45) is 0 Å². The van der Waals surface area contributed by atoms with E-state index < -0.39 is 0 Å². The average molecular weight is 275 g/mol. The summed E-state index contributed by atoms with van der Waals surface area (Å²) >= 11 is 0. The minimum atomic E-state index is 0.0515. The Morgan fingerprint density at radius 3 is 2.70 bits per heavy atom. The molecule has 0 fully saturated rings. The summed E-state index contributed by atoms with van der Waals surface area (Å²) in [4.78, 5) is 0. The van der Waals surface area contributed by atoms with Crippen LogP contribution in [-0.4, -0.2) is 24.4 Å². The molecule has 1 aliphatic carbocycles. The number of hydrogen-bond acceptors (Lipinski definition) is 3. The molecule has 1 unspecified atom stereocenters. The van der Waals surface area contributed by atoms with E-state index in [9.17, 15) is 0 Å². The molecule has 3 nitrogen and oxygen atoms in total. The number of nitrogens with one attached hydrogen (secondary N) is 1. The Morgan fingerprint density at radius 1 is 1.25 bits per heavy atom. The molecule has 1 aromatic rings. The minimum Gasteiger partial charge on any atom is -0.491 e. The standard InChI is InChI=1S/C17H25NO2/c1-14(16-5-3-2-4-6-16)18-13-15-7-9-17(10-8-15)20-12-11-19/h5,7-10,14,18-19H,2-4,6,11-13H2,1H3. The zero-order valence-electron chi connectivity index (χ0n) is 12.3. The van der Waals surface area contributed by atoms with Crippen LogP contribution in [-0.2, 0) is 6.54 Å². The fraction of sp³-hybridized carbons (Fsp3) is 0.529. The second-order valence-electron chi connectivity index (χ2n) is 5.34. The number of ether oxygens (including phenoxy) is 1. The van der Waals surface area contributed by atoms with Gasteiger partial charge in [-0.25, -0.2) is 0 Å². The van der Waals surface area contributed by atoms with E-state index in [-0.39, 0.29) is 6.61 Å².